The summed E-state index contributed by atoms with van der Waals surface area (Å²) in [4.78, 5) is 37.0. The van der Waals surface area contributed by atoms with E-state index in [9.17, 15) is 19.8 Å². The minimum atomic E-state index is -0.435. The Labute approximate surface area is 178 Å². The van der Waals surface area contributed by atoms with Gasteiger partial charge in [0.1, 0.15) is 11.3 Å². The van der Waals surface area contributed by atoms with Crippen molar-refractivity contribution >= 4 is 37.9 Å². The van der Waals surface area contributed by atoms with E-state index in [4.69, 9.17) is 0 Å². The lowest BCUT2D eigenvalue weighted by molar-refractivity contribution is 0.402. The molecule has 0 spiro atoms. The maximum Gasteiger partial charge on any atom is 0.332 e. The Morgan fingerprint density at radius 1 is 1.20 bits per heavy atom. The summed E-state index contributed by atoms with van der Waals surface area (Å²) in [6, 6.07) is 1.46. The minimum absolute atomic E-state index is 0.193. The molecule has 0 aliphatic carbocycles. The van der Waals surface area contributed by atoms with Crippen LogP contribution in [0.25, 0.3) is 21.9 Å². The predicted molar refractivity (Wildman–Crippen MR) is 116 cm³/mol. The molecule has 0 aliphatic heterocycles. The van der Waals surface area contributed by atoms with Crippen molar-refractivity contribution in [1.82, 2.24) is 24.1 Å². The fraction of sp³-hybridized carbons (Fsp3) is 0.300. The van der Waals surface area contributed by atoms with E-state index in [2.05, 4.69) is 30.9 Å². The zero-order chi connectivity index (χ0) is 21.7. The summed E-state index contributed by atoms with van der Waals surface area (Å²) in [5.74, 6) is 0.166. The monoisotopic (exact) mass is 473 g/mol. The van der Waals surface area contributed by atoms with Crippen molar-refractivity contribution in [3.63, 3.8) is 0 Å². The number of hydrogen-bond donors (Lipinski definition) is 3. The molecule has 30 heavy (non-hydrogen) atoms. The number of benzene rings is 1. The molecular weight excluding hydrogens is 454 g/mol. The molecule has 0 bridgehead atoms. The summed E-state index contributed by atoms with van der Waals surface area (Å²) >= 11 is 3.28. The number of nitrogens with one attached hydrogen (secondary N) is 1. The van der Waals surface area contributed by atoms with Gasteiger partial charge in [-0.05, 0) is 38.9 Å². The standard InChI is InChI=1S/C20H20BrN5O4/c1-9(2)8-26-18-16(19(29)25(3)20(26)30)23-14(24-18)4-10-6-22-7-12-11(10)5-13(27)17(28)15(12)21/h5-7,9,27-28H,4,8H2,1-3H3,(H,23,24). The topological polar surface area (TPSA) is 126 Å². The molecule has 4 aromatic rings. The lowest BCUT2D eigenvalue weighted by Gasteiger charge is -2.10. The second-order valence-corrected chi connectivity index (χ2v) is 8.46. The molecule has 0 fully saturated rings. The molecule has 4 rings (SSSR count). The van der Waals surface area contributed by atoms with Gasteiger partial charge in [0.25, 0.3) is 5.56 Å². The highest BCUT2D eigenvalue weighted by Crippen LogP contribution is 2.40. The molecular formula is C20H20BrN5O4. The van der Waals surface area contributed by atoms with Gasteiger partial charge >= 0.3 is 5.69 Å². The highest BCUT2D eigenvalue weighted by Gasteiger charge is 2.18. The van der Waals surface area contributed by atoms with Crippen LogP contribution in [0.3, 0.4) is 0 Å². The second kappa shape index (κ2) is 7.28. The Balaban J connectivity index is 1.89. The summed E-state index contributed by atoms with van der Waals surface area (Å²) in [6.45, 7) is 4.40. The number of aromatic amines is 1. The second-order valence-electron chi connectivity index (χ2n) is 7.66. The average molecular weight is 474 g/mol. The fourth-order valence-corrected chi connectivity index (χ4v) is 4.04. The van der Waals surface area contributed by atoms with Crippen molar-refractivity contribution in [3.8, 4) is 11.5 Å². The van der Waals surface area contributed by atoms with Gasteiger partial charge in [-0.15, -0.1) is 0 Å². The normalized spacial score (nSPS) is 11.8. The molecule has 3 heterocycles. The van der Waals surface area contributed by atoms with E-state index in [1.54, 1.807) is 12.4 Å². The van der Waals surface area contributed by atoms with Gasteiger partial charge in [0.05, 0.1) is 4.47 Å². The first-order valence-electron chi connectivity index (χ1n) is 9.34. The highest BCUT2D eigenvalue weighted by molar-refractivity contribution is 9.10. The average Bonchev–Trinajstić information content (AvgIpc) is 3.12. The van der Waals surface area contributed by atoms with Gasteiger partial charge in [-0.2, -0.15) is 0 Å². The summed E-state index contributed by atoms with van der Waals surface area (Å²) in [6.07, 6.45) is 3.50. The first-order valence-corrected chi connectivity index (χ1v) is 10.1. The maximum absolute atomic E-state index is 12.6. The molecule has 0 atom stereocenters. The van der Waals surface area contributed by atoms with Crippen LogP contribution < -0.4 is 11.2 Å². The van der Waals surface area contributed by atoms with E-state index in [0.29, 0.717) is 33.3 Å². The van der Waals surface area contributed by atoms with E-state index >= 15 is 0 Å². The van der Waals surface area contributed by atoms with Crippen LogP contribution in [0, 0.1) is 5.92 Å². The van der Waals surface area contributed by atoms with Crippen LogP contribution in [-0.2, 0) is 20.0 Å². The first-order chi connectivity index (χ1) is 14.2. The van der Waals surface area contributed by atoms with Crippen LogP contribution in [0.15, 0.2) is 32.5 Å². The van der Waals surface area contributed by atoms with Crippen molar-refractivity contribution in [1.29, 1.82) is 0 Å². The van der Waals surface area contributed by atoms with Crippen LogP contribution in [-0.4, -0.2) is 34.3 Å². The Morgan fingerprint density at radius 2 is 1.93 bits per heavy atom. The van der Waals surface area contributed by atoms with Gasteiger partial charge in [0.15, 0.2) is 17.1 Å². The Morgan fingerprint density at radius 3 is 2.63 bits per heavy atom. The van der Waals surface area contributed by atoms with Crippen molar-refractivity contribution in [2.24, 2.45) is 13.0 Å². The number of H-pyrrole nitrogens is 1. The lowest BCUT2D eigenvalue weighted by Crippen LogP contribution is -2.38. The predicted octanol–water partition coefficient (Wildman–Crippen LogP) is 2.39. The number of imidazole rings is 1. The quantitative estimate of drug-likeness (QED) is 0.390. The van der Waals surface area contributed by atoms with Crippen LogP contribution in [0.5, 0.6) is 11.5 Å². The van der Waals surface area contributed by atoms with E-state index in [-0.39, 0.29) is 29.4 Å². The molecule has 3 aromatic heterocycles. The summed E-state index contributed by atoms with van der Waals surface area (Å²) in [7, 11) is 1.45. The minimum Gasteiger partial charge on any atom is -0.504 e. The van der Waals surface area contributed by atoms with Gasteiger partial charge in [0.2, 0.25) is 0 Å². The molecule has 3 N–H and O–H groups in total. The van der Waals surface area contributed by atoms with Crippen LogP contribution in [0.1, 0.15) is 25.2 Å². The SMILES string of the molecule is CC(C)Cn1c(=O)n(C)c(=O)c2[nH]c(Cc3cncc4c(Br)c(O)c(O)cc34)nc21. The Hall–Kier alpha value is -3.14. The molecule has 0 aliphatic rings. The van der Waals surface area contributed by atoms with E-state index in [0.717, 1.165) is 10.1 Å². The van der Waals surface area contributed by atoms with Crippen molar-refractivity contribution in [2.75, 3.05) is 0 Å². The third kappa shape index (κ3) is 3.17. The number of pyridine rings is 1. The summed E-state index contributed by atoms with van der Waals surface area (Å²) < 4.78 is 2.92. The zero-order valence-electron chi connectivity index (χ0n) is 16.6. The first kappa shape index (κ1) is 20.1. The largest absolute Gasteiger partial charge is 0.504 e. The van der Waals surface area contributed by atoms with Crippen LogP contribution in [0.2, 0.25) is 0 Å². The molecule has 156 valence electrons. The molecule has 9 nitrogen and oxygen atoms in total. The number of fused-ring (bicyclic) bond motifs is 2. The number of halogens is 1. The number of nitrogens with zero attached hydrogens (tertiary/aromatic N) is 4. The maximum atomic E-state index is 12.6. The summed E-state index contributed by atoms with van der Waals surface area (Å²) in [5.41, 5.74) is 0.479. The van der Waals surface area contributed by atoms with Gasteiger partial charge in [-0.1, -0.05) is 13.8 Å². The number of phenolic OH excluding ortho intramolecular Hbond substituents is 2. The summed E-state index contributed by atoms with van der Waals surface area (Å²) in [5, 5.41) is 21.3. The van der Waals surface area contributed by atoms with Gasteiger partial charge in [0, 0.05) is 37.8 Å². The van der Waals surface area contributed by atoms with Gasteiger partial charge < -0.3 is 15.2 Å². The highest BCUT2D eigenvalue weighted by atomic mass is 79.9. The number of hydrogen-bond acceptors (Lipinski definition) is 6. The van der Waals surface area contributed by atoms with Gasteiger partial charge in [-0.25, -0.2) is 9.78 Å². The number of phenols is 2. The number of aromatic nitrogens is 5. The van der Waals surface area contributed by atoms with Crippen LogP contribution >= 0.6 is 15.9 Å². The van der Waals surface area contributed by atoms with E-state index in [1.165, 1.54) is 17.7 Å². The van der Waals surface area contributed by atoms with Crippen molar-refractivity contribution in [2.45, 2.75) is 26.8 Å². The number of rotatable bonds is 4. The number of aromatic hydroxyl groups is 2. The molecule has 10 heteroatoms. The molecule has 0 radical (unpaired) electrons. The Kier molecular flexibility index (Phi) is 4.89. The molecule has 0 saturated carbocycles. The van der Waals surface area contributed by atoms with Crippen molar-refractivity contribution < 1.29 is 10.2 Å². The molecule has 0 unspecified atom stereocenters. The third-order valence-corrected chi connectivity index (χ3v) is 5.77. The lowest BCUT2D eigenvalue weighted by atomic mass is 10.0. The third-order valence-electron chi connectivity index (χ3n) is 4.97. The van der Waals surface area contributed by atoms with Crippen molar-refractivity contribution in [3.05, 3.63) is 55.2 Å². The molecule has 1 aromatic carbocycles. The van der Waals surface area contributed by atoms with E-state index in [1.807, 2.05) is 13.8 Å². The molecule has 0 amide bonds. The Bertz CT molecular complexity index is 1420. The van der Waals surface area contributed by atoms with E-state index < -0.39 is 11.2 Å². The zero-order valence-corrected chi connectivity index (χ0v) is 18.2. The van der Waals surface area contributed by atoms with Gasteiger partial charge in [-0.3, -0.25) is 18.9 Å². The fourth-order valence-electron chi connectivity index (χ4n) is 3.52. The van der Waals surface area contributed by atoms with Crippen LogP contribution in [0.4, 0.5) is 0 Å². The molecule has 0 saturated heterocycles. The smallest absolute Gasteiger partial charge is 0.332 e.